The Hall–Kier alpha value is -0.0800. The van der Waals surface area contributed by atoms with E-state index in [1.807, 2.05) is 0 Å². The van der Waals surface area contributed by atoms with E-state index >= 15 is 0 Å². The largest absolute Gasteiger partial charge is 0.384 e. The van der Waals surface area contributed by atoms with Crippen LogP contribution in [0.25, 0.3) is 0 Å². The molecule has 0 aromatic carbocycles. The summed E-state index contributed by atoms with van der Waals surface area (Å²) in [6.07, 6.45) is 2.37. The van der Waals surface area contributed by atoms with Crippen LogP contribution >= 0.6 is 0 Å². The molecule has 0 aliphatic rings. The lowest BCUT2D eigenvalue weighted by Crippen LogP contribution is -2.31. The van der Waals surface area contributed by atoms with Gasteiger partial charge in [0.2, 0.25) is 0 Å². The van der Waals surface area contributed by atoms with E-state index in [-0.39, 0.29) is 0 Å². The number of rotatable bonds is 7. The lowest BCUT2D eigenvalue weighted by atomic mass is 9.73. The second kappa shape index (κ2) is 7.49. The maximum Gasteiger partial charge on any atom is 0.0494 e. The van der Waals surface area contributed by atoms with Gasteiger partial charge in [0.05, 0.1) is 0 Å². The Labute approximate surface area is 114 Å². The van der Waals surface area contributed by atoms with Crippen molar-refractivity contribution in [3.8, 4) is 0 Å². The average Bonchev–Trinajstić information content (AvgIpc) is 2.12. The molecule has 0 N–H and O–H groups in total. The van der Waals surface area contributed by atoms with Gasteiger partial charge in [-0.05, 0) is 35.5 Å². The summed E-state index contributed by atoms with van der Waals surface area (Å²) in [5.74, 6) is 1.16. The number of hydrogen-bond donors (Lipinski definition) is 0. The molecule has 2 unspecified atom stereocenters. The van der Waals surface area contributed by atoms with E-state index in [0.717, 1.165) is 13.2 Å². The third kappa shape index (κ3) is 8.93. The van der Waals surface area contributed by atoms with Crippen molar-refractivity contribution in [1.82, 2.24) is 0 Å². The van der Waals surface area contributed by atoms with E-state index in [1.165, 1.54) is 12.8 Å². The molecule has 0 rings (SSSR count). The van der Waals surface area contributed by atoms with Crippen LogP contribution < -0.4 is 0 Å². The van der Waals surface area contributed by atoms with Crippen LogP contribution in [-0.4, -0.2) is 27.4 Å². The van der Waals surface area contributed by atoms with E-state index in [4.69, 9.17) is 9.47 Å². The first-order chi connectivity index (χ1) is 8.09. The molecule has 110 valence electrons. The normalized spacial score (nSPS) is 16.7. The standard InChI is InChI=1S/C16H34O2/c1-15(2,3)9-13(11-17-7)14(12-18-8)10-16(4,5)6/h13-14H,9-12H2,1-8H3. The molecule has 0 fully saturated rings. The third-order valence-corrected chi connectivity index (χ3v) is 3.18. The van der Waals surface area contributed by atoms with Crippen molar-refractivity contribution >= 4 is 0 Å². The predicted octanol–water partition coefficient (Wildman–Crippen LogP) is 4.38. The van der Waals surface area contributed by atoms with Crippen molar-refractivity contribution in [2.75, 3.05) is 27.4 Å². The van der Waals surface area contributed by atoms with Crippen LogP contribution in [0.5, 0.6) is 0 Å². The molecule has 0 amide bonds. The molecule has 2 heteroatoms. The second-order valence-electron chi connectivity index (χ2n) is 7.96. The van der Waals surface area contributed by atoms with E-state index in [2.05, 4.69) is 41.5 Å². The molecule has 0 aromatic heterocycles. The van der Waals surface area contributed by atoms with E-state index in [1.54, 1.807) is 14.2 Å². The molecular formula is C16H34O2. The molecule has 0 bridgehead atoms. The minimum Gasteiger partial charge on any atom is -0.384 e. The van der Waals surface area contributed by atoms with E-state index in [9.17, 15) is 0 Å². The fourth-order valence-corrected chi connectivity index (χ4v) is 2.72. The van der Waals surface area contributed by atoms with Gasteiger partial charge in [0, 0.05) is 27.4 Å². The van der Waals surface area contributed by atoms with Gasteiger partial charge in [-0.1, -0.05) is 41.5 Å². The Bertz CT molecular complexity index is 186. The van der Waals surface area contributed by atoms with Crippen molar-refractivity contribution < 1.29 is 9.47 Å². The van der Waals surface area contributed by atoms with Gasteiger partial charge in [-0.25, -0.2) is 0 Å². The molecule has 0 aromatic rings. The highest BCUT2D eigenvalue weighted by molar-refractivity contribution is 4.79. The minimum absolute atomic E-state index is 0.340. The highest BCUT2D eigenvalue weighted by Crippen LogP contribution is 2.35. The van der Waals surface area contributed by atoms with E-state index < -0.39 is 0 Å². The summed E-state index contributed by atoms with van der Waals surface area (Å²) in [5, 5.41) is 0. The van der Waals surface area contributed by atoms with Crippen molar-refractivity contribution in [2.24, 2.45) is 22.7 Å². The molecule has 0 aliphatic carbocycles. The van der Waals surface area contributed by atoms with E-state index in [0.29, 0.717) is 22.7 Å². The third-order valence-electron chi connectivity index (χ3n) is 3.18. The Balaban J connectivity index is 4.75. The molecule has 2 nitrogen and oxygen atoms in total. The monoisotopic (exact) mass is 258 g/mol. The van der Waals surface area contributed by atoms with Crippen LogP contribution in [0, 0.1) is 22.7 Å². The quantitative estimate of drug-likeness (QED) is 0.674. The van der Waals surface area contributed by atoms with Gasteiger partial charge in [0.25, 0.3) is 0 Å². The molecule has 0 spiro atoms. The first-order valence-corrected chi connectivity index (χ1v) is 7.07. The lowest BCUT2D eigenvalue weighted by Gasteiger charge is -2.35. The first-order valence-electron chi connectivity index (χ1n) is 7.07. The molecule has 0 aliphatic heterocycles. The topological polar surface area (TPSA) is 18.5 Å². The zero-order chi connectivity index (χ0) is 14.4. The van der Waals surface area contributed by atoms with Crippen LogP contribution in [0.1, 0.15) is 54.4 Å². The van der Waals surface area contributed by atoms with Crippen LogP contribution in [-0.2, 0) is 9.47 Å². The number of methoxy groups -OCH3 is 2. The van der Waals surface area contributed by atoms with Gasteiger partial charge in [-0.3, -0.25) is 0 Å². The van der Waals surface area contributed by atoms with Gasteiger partial charge in [0.1, 0.15) is 0 Å². The summed E-state index contributed by atoms with van der Waals surface area (Å²) in [6.45, 7) is 15.5. The summed E-state index contributed by atoms with van der Waals surface area (Å²) in [7, 11) is 3.60. The summed E-state index contributed by atoms with van der Waals surface area (Å²) in [6, 6.07) is 0. The van der Waals surface area contributed by atoms with Crippen molar-refractivity contribution in [3.05, 3.63) is 0 Å². The molecular weight excluding hydrogens is 224 g/mol. The van der Waals surface area contributed by atoms with Gasteiger partial charge < -0.3 is 9.47 Å². The Morgan fingerprint density at radius 1 is 0.667 bits per heavy atom. The van der Waals surface area contributed by atoms with Gasteiger partial charge in [-0.15, -0.1) is 0 Å². The zero-order valence-corrected chi connectivity index (χ0v) is 13.8. The van der Waals surface area contributed by atoms with Gasteiger partial charge >= 0.3 is 0 Å². The highest BCUT2D eigenvalue weighted by Gasteiger charge is 2.29. The minimum atomic E-state index is 0.340. The van der Waals surface area contributed by atoms with Crippen molar-refractivity contribution in [1.29, 1.82) is 0 Å². The van der Waals surface area contributed by atoms with Crippen molar-refractivity contribution in [2.45, 2.75) is 54.4 Å². The highest BCUT2D eigenvalue weighted by atomic mass is 16.5. The molecule has 0 radical (unpaired) electrons. The van der Waals surface area contributed by atoms with Crippen LogP contribution in [0.2, 0.25) is 0 Å². The number of ether oxygens (including phenoxy) is 2. The van der Waals surface area contributed by atoms with Crippen LogP contribution in [0.4, 0.5) is 0 Å². The Morgan fingerprint density at radius 2 is 0.944 bits per heavy atom. The lowest BCUT2D eigenvalue weighted by molar-refractivity contribution is 0.0317. The fourth-order valence-electron chi connectivity index (χ4n) is 2.72. The summed E-state index contributed by atoms with van der Waals surface area (Å²) >= 11 is 0. The first kappa shape index (κ1) is 17.9. The van der Waals surface area contributed by atoms with Gasteiger partial charge in [0.15, 0.2) is 0 Å². The van der Waals surface area contributed by atoms with Gasteiger partial charge in [-0.2, -0.15) is 0 Å². The average molecular weight is 258 g/mol. The maximum absolute atomic E-state index is 5.44. The molecule has 2 atom stereocenters. The molecule has 0 saturated carbocycles. The molecule has 0 saturated heterocycles. The Morgan fingerprint density at radius 3 is 1.11 bits per heavy atom. The predicted molar refractivity (Wildman–Crippen MR) is 78.9 cm³/mol. The Kier molecular flexibility index (Phi) is 7.46. The number of hydrogen-bond acceptors (Lipinski definition) is 2. The van der Waals surface area contributed by atoms with Crippen LogP contribution in [0.15, 0.2) is 0 Å². The second-order valence-corrected chi connectivity index (χ2v) is 7.96. The van der Waals surface area contributed by atoms with Crippen molar-refractivity contribution in [3.63, 3.8) is 0 Å². The fraction of sp³-hybridized carbons (Fsp3) is 1.00. The molecule has 0 heterocycles. The molecule has 18 heavy (non-hydrogen) atoms. The SMILES string of the molecule is COCC(CC(C)(C)C)C(COC)CC(C)(C)C. The van der Waals surface area contributed by atoms with Crippen LogP contribution in [0.3, 0.4) is 0 Å². The smallest absolute Gasteiger partial charge is 0.0494 e. The maximum atomic E-state index is 5.44. The summed E-state index contributed by atoms with van der Waals surface area (Å²) < 4.78 is 10.9. The summed E-state index contributed by atoms with van der Waals surface area (Å²) in [5.41, 5.74) is 0.681. The zero-order valence-electron chi connectivity index (χ0n) is 13.8. The summed E-state index contributed by atoms with van der Waals surface area (Å²) in [4.78, 5) is 0.